The molecule has 1 unspecified atom stereocenters. The highest BCUT2D eigenvalue weighted by Crippen LogP contribution is 2.24. The summed E-state index contributed by atoms with van der Waals surface area (Å²) in [6.07, 6.45) is 3.83. The first-order valence-corrected chi connectivity index (χ1v) is 8.01. The Kier molecular flexibility index (Phi) is 5.95. The SMILES string of the molecule is CN1CCNCC1c1noc(/C=C/c2ccc(Br)s2)n1.Cl. The number of nitrogens with zero attached hydrogens (tertiary/aromatic N) is 3. The maximum Gasteiger partial charge on any atom is 0.250 e. The second-order valence-corrected chi connectivity index (χ2v) is 7.16. The van der Waals surface area contributed by atoms with E-state index >= 15 is 0 Å². The number of hydrogen-bond acceptors (Lipinski definition) is 6. The third-order valence-corrected chi connectivity index (χ3v) is 4.84. The van der Waals surface area contributed by atoms with Gasteiger partial charge in [0, 0.05) is 30.6 Å². The topological polar surface area (TPSA) is 54.2 Å². The molecular weight excluding hydrogens is 376 g/mol. The Morgan fingerprint density at radius 2 is 2.33 bits per heavy atom. The molecule has 0 aromatic carbocycles. The van der Waals surface area contributed by atoms with Crippen molar-refractivity contribution in [3.63, 3.8) is 0 Å². The van der Waals surface area contributed by atoms with Crippen LogP contribution in [0.1, 0.15) is 22.6 Å². The molecule has 1 atom stereocenters. The molecule has 0 radical (unpaired) electrons. The minimum absolute atomic E-state index is 0. The van der Waals surface area contributed by atoms with Crippen molar-refractivity contribution in [3.05, 3.63) is 32.5 Å². The van der Waals surface area contributed by atoms with Crippen molar-refractivity contribution in [1.29, 1.82) is 0 Å². The van der Waals surface area contributed by atoms with Gasteiger partial charge in [0.2, 0.25) is 0 Å². The molecule has 0 saturated carbocycles. The van der Waals surface area contributed by atoms with Crippen LogP contribution in [0.15, 0.2) is 20.4 Å². The maximum atomic E-state index is 5.29. The van der Waals surface area contributed by atoms with Gasteiger partial charge in [-0.3, -0.25) is 4.90 Å². The number of rotatable bonds is 3. The highest BCUT2D eigenvalue weighted by atomic mass is 79.9. The molecule has 1 aliphatic rings. The van der Waals surface area contributed by atoms with E-state index < -0.39 is 0 Å². The van der Waals surface area contributed by atoms with Crippen LogP contribution in [-0.4, -0.2) is 41.7 Å². The molecule has 5 nitrogen and oxygen atoms in total. The molecule has 0 spiro atoms. The molecule has 1 N–H and O–H groups in total. The van der Waals surface area contributed by atoms with Gasteiger partial charge in [0.05, 0.1) is 9.83 Å². The monoisotopic (exact) mass is 390 g/mol. The zero-order valence-corrected chi connectivity index (χ0v) is 14.7. The van der Waals surface area contributed by atoms with E-state index in [4.69, 9.17) is 4.52 Å². The Hall–Kier alpha value is -0.730. The van der Waals surface area contributed by atoms with E-state index in [2.05, 4.69) is 43.3 Å². The number of nitrogens with one attached hydrogen (secondary N) is 1. The van der Waals surface area contributed by atoms with Crippen LogP contribution in [0.2, 0.25) is 0 Å². The first kappa shape index (κ1) is 16.6. The quantitative estimate of drug-likeness (QED) is 0.871. The summed E-state index contributed by atoms with van der Waals surface area (Å²) in [4.78, 5) is 7.84. The normalized spacial score (nSPS) is 19.8. The van der Waals surface area contributed by atoms with Gasteiger partial charge in [0.15, 0.2) is 5.82 Å². The van der Waals surface area contributed by atoms with Crippen LogP contribution >= 0.6 is 39.7 Å². The zero-order chi connectivity index (χ0) is 13.9. The van der Waals surface area contributed by atoms with Crippen molar-refractivity contribution < 1.29 is 4.52 Å². The number of aromatic nitrogens is 2. The fourth-order valence-corrected chi connectivity index (χ4v) is 3.44. The molecule has 1 saturated heterocycles. The van der Waals surface area contributed by atoms with Crippen LogP contribution < -0.4 is 5.32 Å². The number of thiophene rings is 1. The van der Waals surface area contributed by atoms with Crippen LogP contribution in [0.5, 0.6) is 0 Å². The van der Waals surface area contributed by atoms with Crippen LogP contribution in [0.3, 0.4) is 0 Å². The van der Waals surface area contributed by atoms with Gasteiger partial charge in [-0.25, -0.2) is 0 Å². The van der Waals surface area contributed by atoms with E-state index in [0.29, 0.717) is 5.89 Å². The average Bonchev–Trinajstić information content (AvgIpc) is 3.06. The molecule has 0 amide bonds. The first-order valence-electron chi connectivity index (χ1n) is 6.40. The van der Waals surface area contributed by atoms with Crippen molar-refractivity contribution in [2.24, 2.45) is 0 Å². The fourth-order valence-electron chi connectivity index (χ4n) is 2.12. The predicted molar refractivity (Wildman–Crippen MR) is 90.7 cm³/mol. The van der Waals surface area contributed by atoms with Gasteiger partial charge in [-0.1, -0.05) is 5.16 Å². The van der Waals surface area contributed by atoms with Gasteiger partial charge in [-0.05, 0) is 41.2 Å². The van der Waals surface area contributed by atoms with Gasteiger partial charge in [0.25, 0.3) is 5.89 Å². The standard InChI is InChI=1S/C13H15BrN4OS.ClH/c1-18-7-6-15-8-10(18)13-16-12(19-17-13)5-3-9-2-4-11(14)20-9;/h2-5,10,15H,6-8H2,1H3;1H/b5-3+;. The summed E-state index contributed by atoms with van der Waals surface area (Å²) in [6.45, 7) is 2.86. The number of halogens is 2. The van der Waals surface area contributed by atoms with Gasteiger partial charge < -0.3 is 9.84 Å². The molecule has 2 aromatic heterocycles. The molecule has 3 heterocycles. The summed E-state index contributed by atoms with van der Waals surface area (Å²) in [7, 11) is 2.08. The lowest BCUT2D eigenvalue weighted by Crippen LogP contribution is -2.44. The lowest BCUT2D eigenvalue weighted by atomic mass is 10.2. The first-order chi connectivity index (χ1) is 9.72. The van der Waals surface area contributed by atoms with Crippen LogP contribution in [-0.2, 0) is 0 Å². The lowest BCUT2D eigenvalue weighted by Gasteiger charge is -2.30. The summed E-state index contributed by atoms with van der Waals surface area (Å²) in [5, 5.41) is 7.43. The van der Waals surface area contributed by atoms with Gasteiger partial charge in [0.1, 0.15) is 0 Å². The van der Waals surface area contributed by atoms with Crippen LogP contribution in [0, 0.1) is 0 Å². The van der Waals surface area contributed by atoms with Crippen molar-refractivity contribution in [2.45, 2.75) is 6.04 Å². The van der Waals surface area contributed by atoms with Gasteiger partial charge in [-0.2, -0.15) is 4.98 Å². The molecular formula is C13H16BrClN4OS. The predicted octanol–water partition coefficient (Wildman–Crippen LogP) is 3.06. The Labute approximate surface area is 142 Å². The Morgan fingerprint density at radius 1 is 1.48 bits per heavy atom. The lowest BCUT2D eigenvalue weighted by molar-refractivity contribution is 0.190. The third-order valence-electron chi connectivity index (χ3n) is 3.25. The summed E-state index contributed by atoms with van der Waals surface area (Å²) < 4.78 is 6.39. The minimum Gasteiger partial charge on any atom is -0.335 e. The smallest absolute Gasteiger partial charge is 0.250 e. The fraction of sp³-hybridized carbons (Fsp3) is 0.385. The molecule has 3 rings (SSSR count). The molecule has 1 aliphatic heterocycles. The van der Waals surface area contributed by atoms with E-state index in [1.54, 1.807) is 11.3 Å². The molecule has 0 bridgehead atoms. The van der Waals surface area contributed by atoms with E-state index in [1.165, 1.54) is 0 Å². The van der Waals surface area contributed by atoms with E-state index in [1.807, 2.05) is 24.3 Å². The van der Waals surface area contributed by atoms with Crippen LogP contribution in [0.25, 0.3) is 12.2 Å². The highest BCUT2D eigenvalue weighted by Gasteiger charge is 2.24. The molecule has 0 aliphatic carbocycles. The van der Waals surface area contributed by atoms with Gasteiger partial charge >= 0.3 is 0 Å². The second kappa shape index (κ2) is 7.51. The molecule has 8 heteroatoms. The third kappa shape index (κ3) is 4.14. The Bertz CT molecular complexity index is 615. The Morgan fingerprint density at radius 3 is 3.05 bits per heavy atom. The van der Waals surface area contributed by atoms with Crippen molar-refractivity contribution >= 4 is 51.8 Å². The van der Waals surface area contributed by atoms with Gasteiger partial charge in [-0.15, -0.1) is 23.7 Å². The number of piperazine rings is 1. The van der Waals surface area contributed by atoms with Crippen molar-refractivity contribution in [2.75, 3.05) is 26.7 Å². The van der Waals surface area contributed by atoms with Crippen molar-refractivity contribution in [3.8, 4) is 0 Å². The number of hydrogen-bond donors (Lipinski definition) is 1. The minimum atomic E-state index is 0. The summed E-state index contributed by atoms with van der Waals surface area (Å²) in [5.41, 5.74) is 0. The Balaban J connectivity index is 0.00000161. The van der Waals surface area contributed by atoms with E-state index in [-0.39, 0.29) is 18.4 Å². The molecule has 114 valence electrons. The second-order valence-electron chi connectivity index (χ2n) is 4.67. The van der Waals surface area contributed by atoms with Crippen LogP contribution in [0.4, 0.5) is 0 Å². The zero-order valence-electron chi connectivity index (χ0n) is 11.5. The molecule has 1 fully saturated rings. The van der Waals surface area contributed by atoms with E-state index in [0.717, 1.165) is 34.1 Å². The summed E-state index contributed by atoms with van der Waals surface area (Å²) >= 11 is 5.11. The summed E-state index contributed by atoms with van der Waals surface area (Å²) in [6, 6.07) is 4.25. The molecule has 21 heavy (non-hydrogen) atoms. The number of likely N-dealkylation sites (N-methyl/N-ethyl adjacent to an activating group) is 1. The highest BCUT2D eigenvalue weighted by molar-refractivity contribution is 9.11. The summed E-state index contributed by atoms with van der Waals surface area (Å²) in [5.74, 6) is 1.29. The van der Waals surface area contributed by atoms with E-state index in [9.17, 15) is 0 Å². The van der Waals surface area contributed by atoms with Crippen molar-refractivity contribution in [1.82, 2.24) is 20.4 Å². The largest absolute Gasteiger partial charge is 0.335 e. The average molecular weight is 392 g/mol. The molecule has 2 aromatic rings. The maximum absolute atomic E-state index is 5.29.